The number of aromatic nitrogens is 2. The molecule has 4 rings (SSSR count). The fourth-order valence-corrected chi connectivity index (χ4v) is 2.79. The topological polar surface area (TPSA) is 127 Å². The number of phenolic OH excluding ortho intramolecular Hbond substituents is 1. The molecule has 1 aromatic heterocycles. The number of aromatic amines is 2. The summed E-state index contributed by atoms with van der Waals surface area (Å²) in [4.78, 5) is 40.3. The highest BCUT2D eigenvalue weighted by molar-refractivity contribution is 5.84. The highest BCUT2D eigenvalue weighted by Gasteiger charge is 2.21. The summed E-state index contributed by atoms with van der Waals surface area (Å²) >= 11 is 0. The molecule has 0 aliphatic rings. The first-order chi connectivity index (χ1) is 12.5. The molecule has 0 atom stereocenters. The predicted molar refractivity (Wildman–Crippen MR) is 99.0 cm³/mol. The molecule has 0 spiro atoms. The van der Waals surface area contributed by atoms with Crippen molar-refractivity contribution in [3.63, 3.8) is 0 Å². The molecule has 5 N–H and O–H groups in total. The van der Waals surface area contributed by atoms with Gasteiger partial charge in [-0.05, 0) is 35.9 Å². The molecule has 26 heavy (non-hydrogen) atoms. The molecular formula is C18H14N4O4. The van der Waals surface area contributed by atoms with Crippen LogP contribution in [0.15, 0.2) is 56.8 Å². The minimum absolute atomic E-state index is 0.126. The quantitative estimate of drug-likeness (QED) is 0.347. The number of phenols is 1. The molecule has 0 unspecified atom stereocenters. The van der Waals surface area contributed by atoms with Gasteiger partial charge < -0.3 is 25.7 Å². The van der Waals surface area contributed by atoms with Gasteiger partial charge in [-0.25, -0.2) is 4.79 Å². The first kappa shape index (κ1) is 15.7. The van der Waals surface area contributed by atoms with Crippen molar-refractivity contribution in [3.05, 3.63) is 79.0 Å². The maximum Gasteiger partial charge on any atom is 0.323 e. The third-order valence-corrected chi connectivity index (χ3v) is 4.08. The lowest BCUT2D eigenvalue weighted by Gasteiger charge is -2.15. The molecule has 0 saturated heterocycles. The van der Waals surface area contributed by atoms with E-state index in [1.807, 2.05) is 0 Å². The van der Waals surface area contributed by atoms with Gasteiger partial charge in [0.1, 0.15) is 17.1 Å². The van der Waals surface area contributed by atoms with Crippen LogP contribution in [0.3, 0.4) is 0 Å². The zero-order chi connectivity index (χ0) is 18.3. The second kappa shape index (κ2) is 5.92. The van der Waals surface area contributed by atoms with Crippen molar-refractivity contribution in [1.29, 1.82) is 0 Å². The summed E-state index contributed by atoms with van der Waals surface area (Å²) in [7, 11) is 0. The summed E-state index contributed by atoms with van der Waals surface area (Å²) in [5.74, 6) is 0.126. The van der Waals surface area contributed by atoms with Crippen LogP contribution >= 0.6 is 0 Å². The highest BCUT2D eigenvalue weighted by atomic mass is 16.3. The number of anilines is 3. The van der Waals surface area contributed by atoms with Crippen LogP contribution in [0.2, 0.25) is 0 Å². The molecule has 0 saturated carbocycles. The molecule has 8 nitrogen and oxygen atoms in total. The van der Waals surface area contributed by atoms with Crippen LogP contribution in [-0.4, -0.2) is 15.1 Å². The van der Waals surface area contributed by atoms with Crippen LogP contribution in [0.25, 0.3) is 11.0 Å². The molecule has 0 amide bonds. The molecule has 0 radical (unpaired) electrons. The standard InChI is InChI=1S/C18H14N4O4/c23-11-3-1-2-9(6-11)8-19-14-15(17(25)16(14)24)20-10-4-5-12-13(7-10)22-18(26)21-12/h1-7,19-20,23H,8H2,(H2,21,22,26). The first-order valence-corrected chi connectivity index (χ1v) is 7.85. The molecule has 0 fully saturated rings. The zero-order valence-electron chi connectivity index (χ0n) is 13.4. The van der Waals surface area contributed by atoms with Crippen LogP contribution in [0.1, 0.15) is 5.56 Å². The van der Waals surface area contributed by atoms with Crippen LogP contribution in [0.5, 0.6) is 5.75 Å². The van der Waals surface area contributed by atoms with E-state index in [-0.39, 0.29) is 29.4 Å². The Bertz CT molecular complexity index is 1240. The summed E-state index contributed by atoms with van der Waals surface area (Å²) in [6.07, 6.45) is 0. The second-order valence-corrected chi connectivity index (χ2v) is 5.90. The molecule has 0 aliphatic carbocycles. The third kappa shape index (κ3) is 2.73. The van der Waals surface area contributed by atoms with Crippen molar-refractivity contribution in [2.45, 2.75) is 6.54 Å². The molecule has 8 heteroatoms. The summed E-state index contributed by atoms with van der Waals surface area (Å²) in [5, 5.41) is 15.3. The number of nitrogens with one attached hydrogen (secondary N) is 4. The van der Waals surface area contributed by atoms with E-state index in [4.69, 9.17) is 0 Å². The van der Waals surface area contributed by atoms with E-state index < -0.39 is 10.9 Å². The lowest BCUT2D eigenvalue weighted by molar-refractivity contribution is 0.474. The van der Waals surface area contributed by atoms with Gasteiger partial charge >= 0.3 is 5.69 Å². The average Bonchev–Trinajstić information content (AvgIpc) is 3.00. The van der Waals surface area contributed by atoms with E-state index in [9.17, 15) is 19.5 Å². The van der Waals surface area contributed by atoms with E-state index in [1.54, 1.807) is 42.5 Å². The Morgan fingerprint density at radius 3 is 2.46 bits per heavy atom. The zero-order valence-corrected chi connectivity index (χ0v) is 13.4. The summed E-state index contributed by atoms with van der Waals surface area (Å²) in [6, 6.07) is 11.7. The van der Waals surface area contributed by atoms with Crippen molar-refractivity contribution in [2.24, 2.45) is 0 Å². The van der Waals surface area contributed by atoms with Crippen LogP contribution in [-0.2, 0) is 6.54 Å². The van der Waals surface area contributed by atoms with Crippen molar-refractivity contribution in [2.75, 3.05) is 10.6 Å². The van der Waals surface area contributed by atoms with Gasteiger partial charge in [0.2, 0.25) is 0 Å². The van der Waals surface area contributed by atoms with E-state index >= 15 is 0 Å². The Labute approximate surface area is 145 Å². The molecular weight excluding hydrogens is 336 g/mol. The predicted octanol–water partition coefficient (Wildman–Crippen LogP) is 1.51. The van der Waals surface area contributed by atoms with E-state index in [2.05, 4.69) is 20.6 Å². The number of rotatable bonds is 5. The van der Waals surface area contributed by atoms with Gasteiger partial charge in [-0.3, -0.25) is 9.59 Å². The lowest BCUT2D eigenvalue weighted by Crippen LogP contribution is -2.36. The molecule has 0 aliphatic heterocycles. The Hall–Kier alpha value is -3.81. The van der Waals surface area contributed by atoms with Gasteiger partial charge in [-0.1, -0.05) is 12.1 Å². The van der Waals surface area contributed by atoms with E-state index in [1.165, 1.54) is 0 Å². The smallest absolute Gasteiger partial charge is 0.323 e. The Balaban J connectivity index is 1.57. The number of fused-ring (bicyclic) bond motifs is 1. The molecule has 0 bridgehead atoms. The molecule has 3 aromatic carbocycles. The number of hydrogen-bond acceptors (Lipinski definition) is 6. The van der Waals surface area contributed by atoms with Gasteiger partial charge in [0.05, 0.1) is 11.0 Å². The maximum absolute atomic E-state index is 11.9. The van der Waals surface area contributed by atoms with Gasteiger partial charge in [-0.2, -0.15) is 0 Å². The Kier molecular flexibility index (Phi) is 3.58. The molecule has 1 heterocycles. The van der Waals surface area contributed by atoms with Gasteiger partial charge in [-0.15, -0.1) is 0 Å². The molecule has 4 aromatic rings. The van der Waals surface area contributed by atoms with Crippen molar-refractivity contribution in [3.8, 4) is 5.75 Å². The summed E-state index contributed by atoms with van der Waals surface area (Å²) in [5.41, 5.74) is 1.43. The maximum atomic E-state index is 11.9. The number of H-pyrrole nitrogens is 2. The number of hydrogen-bond donors (Lipinski definition) is 5. The fourth-order valence-electron chi connectivity index (χ4n) is 2.79. The average molecular weight is 350 g/mol. The SMILES string of the molecule is O=c1[nH]c2ccc(Nc3c(NCc4cccc(O)c4)c(=O)c3=O)cc2[nH]1. The highest BCUT2D eigenvalue weighted by Crippen LogP contribution is 2.23. The number of imidazole rings is 1. The van der Waals surface area contributed by atoms with Crippen LogP contribution in [0.4, 0.5) is 17.1 Å². The third-order valence-electron chi connectivity index (χ3n) is 4.08. The van der Waals surface area contributed by atoms with E-state index in [0.29, 0.717) is 16.7 Å². The number of aromatic hydroxyl groups is 1. The second-order valence-electron chi connectivity index (χ2n) is 5.90. The monoisotopic (exact) mass is 350 g/mol. The summed E-state index contributed by atoms with van der Waals surface area (Å²) in [6.45, 7) is 0.290. The Morgan fingerprint density at radius 2 is 1.65 bits per heavy atom. The minimum atomic E-state index is -0.605. The lowest BCUT2D eigenvalue weighted by atomic mass is 10.1. The van der Waals surface area contributed by atoms with Crippen LogP contribution < -0.4 is 27.2 Å². The van der Waals surface area contributed by atoms with Gasteiger partial charge in [0.15, 0.2) is 0 Å². The largest absolute Gasteiger partial charge is 0.508 e. The first-order valence-electron chi connectivity index (χ1n) is 7.85. The Morgan fingerprint density at radius 1 is 0.885 bits per heavy atom. The summed E-state index contributed by atoms with van der Waals surface area (Å²) < 4.78 is 0. The van der Waals surface area contributed by atoms with Gasteiger partial charge in [0, 0.05) is 12.2 Å². The van der Waals surface area contributed by atoms with Crippen LogP contribution in [0, 0.1) is 0 Å². The van der Waals surface area contributed by atoms with Gasteiger partial charge in [0.25, 0.3) is 10.9 Å². The number of benzene rings is 2. The van der Waals surface area contributed by atoms with Crippen molar-refractivity contribution < 1.29 is 5.11 Å². The van der Waals surface area contributed by atoms with Crippen molar-refractivity contribution >= 4 is 28.1 Å². The molecule has 130 valence electrons. The minimum Gasteiger partial charge on any atom is -0.508 e. The van der Waals surface area contributed by atoms with Crippen molar-refractivity contribution in [1.82, 2.24) is 9.97 Å². The van der Waals surface area contributed by atoms with E-state index in [0.717, 1.165) is 5.56 Å². The normalized spacial score (nSPS) is 11.1. The fraction of sp³-hybridized carbons (Fsp3) is 0.0556.